The predicted octanol–water partition coefficient (Wildman–Crippen LogP) is 5.90. The van der Waals surface area contributed by atoms with Gasteiger partial charge in [0.25, 0.3) is 0 Å². The molecule has 0 aliphatic carbocycles. The summed E-state index contributed by atoms with van der Waals surface area (Å²) in [6.07, 6.45) is 4.01. The average Bonchev–Trinajstić information content (AvgIpc) is 2.80. The molecule has 176 valence electrons. The first-order chi connectivity index (χ1) is 15.1. The molecule has 2 aromatic heterocycles. The van der Waals surface area contributed by atoms with Crippen LogP contribution in [-0.4, -0.2) is 36.4 Å². The van der Waals surface area contributed by atoms with Crippen molar-refractivity contribution in [3.63, 3.8) is 0 Å². The van der Waals surface area contributed by atoms with E-state index >= 15 is 0 Å². The first-order valence-corrected chi connectivity index (χ1v) is 10.3. The number of methoxy groups -OCH3 is 3. The van der Waals surface area contributed by atoms with Gasteiger partial charge in [-0.3, -0.25) is 4.98 Å². The Bertz CT molecular complexity index is 1260. The van der Waals surface area contributed by atoms with Crippen molar-refractivity contribution in [3.8, 4) is 23.1 Å². The monoisotopic (exact) mass is 490 g/mol. The third-order valence-corrected chi connectivity index (χ3v) is 5.49. The second-order valence-electron chi connectivity index (χ2n) is 7.44. The van der Waals surface area contributed by atoms with E-state index in [1.165, 1.54) is 0 Å². The van der Waals surface area contributed by atoms with Gasteiger partial charge in [-0.15, -0.1) is 24.8 Å². The smallest absolute Gasteiger partial charge is 0.215 e. The van der Waals surface area contributed by atoms with E-state index in [9.17, 15) is 5.11 Å². The van der Waals surface area contributed by atoms with Crippen LogP contribution in [0, 0.1) is 0 Å². The molecule has 0 bridgehead atoms. The molecule has 0 aliphatic rings. The summed E-state index contributed by atoms with van der Waals surface area (Å²) in [6, 6.07) is 11.7. The molecule has 0 fully saturated rings. The maximum atomic E-state index is 10.8. The Balaban J connectivity index is 0.00000193. The number of aryl methyl sites for hydroxylation is 1. The van der Waals surface area contributed by atoms with Gasteiger partial charge in [-0.2, -0.15) is 0 Å². The molecule has 0 spiro atoms. The zero-order chi connectivity index (χ0) is 22.0. The fourth-order valence-electron chi connectivity index (χ4n) is 3.92. The summed E-state index contributed by atoms with van der Waals surface area (Å²) in [6.45, 7) is 2.09. The first kappa shape index (κ1) is 26.3. The lowest BCUT2D eigenvalue weighted by Crippen LogP contribution is -2.01. The molecule has 4 rings (SSSR count). The van der Waals surface area contributed by atoms with Gasteiger partial charge >= 0.3 is 0 Å². The van der Waals surface area contributed by atoms with Gasteiger partial charge in [0.2, 0.25) is 5.88 Å². The third kappa shape index (κ3) is 5.18. The topological polar surface area (TPSA) is 73.7 Å². The first-order valence-electron chi connectivity index (χ1n) is 10.3. The number of benzene rings is 2. The van der Waals surface area contributed by atoms with Crippen LogP contribution in [0.15, 0.2) is 42.6 Å². The summed E-state index contributed by atoms with van der Waals surface area (Å²) in [5, 5.41) is 13.7. The van der Waals surface area contributed by atoms with Crippen LogP contribution in [0.1, 0.15) is 30.2 Å². The van der Waals surface area contributed by atoms with Crippen molar-refractivity contribution >= 4 is 46.5 Å². The quantitative estimate of drug-likeness (QED) is 0.347. The van der Waals surface area contributed by atoms with E-state index in [1.54, 1.807) is 21.3 Å². The lowest BCUT2D eigenvalue weighted by atomic mass is 9.97. The number of fused-ring (bicyclic) bond motifs is 2. The molecule has 8 heteroatoms. The summed E-state index contributed by atoms with van der Waals surface area (Å²) < 4.78 is 16.3. The number of nitrogens with zero attached hydrogens (tertiary/aromatic N) is 2. The van der Waals surface area contributed by atoms with Crippen molar-refractivity contribution < 1.29 is 19.3 Å². The van der Waals surface area contributed by atoms with Gasteiger partial charge in [-0.1, -0.05) is 13.3 Å². The average molecular weight is 491 g/mol. The molecule has 0 atom stereocenters. The fraction of sp³-hybridized carbons (Fsp3) is 0.280. The maximum absolute atomic E-state index is 10.8. The molecule has 0 saturated heterocycles. The Kier molecular flexibility index (Phi) is 8.97. The Labute approximate surface area is 205 Å². The lowest BCUT2D eigenvalue weighted by molar-refractivity contribution is 0.355. The molecule has 0 unspecified atom stereocenters. The van der Waals surface area contributed by atoms with Crippen molar-refractivity contribution in [2.75, 3.05) is 21.3 Å². The number of ether oxygens (including phenoxy) is 3. The maximum Gasteiger partial charge on any atom is 0.215 e. The number of aromatic nitrogens is 2. The highest BCUT2D eigenvalue weighted by Gasteiger charge is 2.18. The van der Waals surface area contributed by atoms with Crippen LogP contribution in [0.3, 0.4) is 0 Å². The minimum atomic E-state index is 0. The zero-order valence-corrected chi connectivity index (χ0v) is 20.7. The van der Waals surface area contributed by atoms with Crippen molar-refractivity contribution in [2.45, 2.75) is 26.2 Å². The van der Waals surface area contributed by atoms with Gasteiger partial charge in [0, 0.05) is 35.0 Å². The number of aromatic hydroxyl groups is 1. The number of hydrogen-bond donors (Lipinski definition) is 1. The second kappa shape index (κ2) is 11.3. The molecule has 2 aromatic carbocycles. The van der Waals surface area contributed by atoms with Crippen molar-refractivity contribution in [3.05, 3.63) is 59.4 Å². The van der Waals surface area contributed by atoms with E-state index in [4.69, 9.17) is 14.2 Å². The standard InChI is InChI=1S/C25H26N2O4.2ClH/c1-5-6-21-19-13-24(31-4)23(30-3)12-18(19)20(25(28)27-21)10-15-9-16-7-8-17(29-2)11-22(16)26-14-15;;/h7-9,11-14H,5-6,10H2,1-4H3,(H,27,28);2*1H. The summed E-state index contributed by atoms with van der Waals surface area (Å²) in [7, 11) is 4.87. The molecule has 0 amide bonds. The van der Waals surface area contributed by atoms with Crippen molar-refractivity contribution in [1.29, 1.82) is 0 Å². The second-order valence-corrected chi connectivity index (χ2v) is 7.44. The molecular weight excluding hydrogens is 463 g/mol. The summed E-state index contributed by atoms with van der Waals surface area (Å²) in [5.74, 6) is 2.08. The molecule has 2 heterocycles. The Morgan fingerprint density at radius 2 is 1.58 bits per heavy atom. The predicted molar refractivity (Wildman–Crippen MR) is 136 cm³/mol. The zero-order valence-electron chi connectivity index (χ0n) is 19.0. The Morgan fingerprint density at radius 3 is 2.21 bits per heavy atom. The molecule has 6 nitrogen and oxygen atoms in total. The Morgan fingerprint density at radius 1 is 0.879 bits per heavy atom. The van der Waals surface area contributed by atoms with Gasteiger partial charge in [0.05, 0.1) is 32.5 Å². The number of rotatable bonds is 7. The Hall–Kier alpha value is -2.96. The van der Waals surface area contributed by atoms with Crippen LogP contribution < -0.4 is 14.2 Å². The largest absolute Gasteiger partial charge is 0.497 e. The number of hydrogen-bond acceptors (Lipinski definition) is 6. The van der Waals surface area contributed by atoms with Crippen LogP contribution in [0.4, 0.5) is 0 Å². The molecule has 4 aromatic rings. The van der Waals surface area contributed by atoms with Crippen LogP contribution in [-0.2, 0) is 12.8 Å². The van der Waals surface area contributed by atoms with Gasteiger partial charge < -0.3 is 19.3 Å². The summed E-state index contributed by atoms with van der Waals surface area (Å²) in [4.78, 5) is 9.10. The number of halogens is 2. The van der Waals surface area contributed by atoms with E-state index in [-0.39, 0.29) is 30.7 Å². The highest BCUT2D eigenvalue weighted by Crippen LogP contribution is 2.38. The van der Waals surface area contributed by atoms with Gasteiger partial charge in [-0.05, 0) is 47.7 Å². The molecule has 0 aliphatic heterocycles. The molecule has 0 saturated carbocycles. The van der Waals surface area contributed by atoms with Crippen LogP contribution in [0.25, 0.3) is 21.7 Å². The summed E-state index contributed by atoms with van der Waals surface area (Å²) in [5.41, 5.74) is 3.43. The van der Waals surface area contributed by atoms with Crippen molar-refractivity contribution in [2.24, 2.45) is 0 Å². The molecule has 33 heavy (non-hydrogen) atoms. The highest BCUT2D eigenvalue weighted by molar-refractivity contribution is 5.92. The van der Waals surface area contributed by atoms with Gasteiger partial charge in [0.15, 0.2) is 11.5 Å². The third-order valence-electron chi connectivity index (χ3n) is 5.49. The van der Waals surface area contributed by atoms with E-state index in [0.717, 1.165) is 57.1 Å². The number of pyridine rings is 2. The minimum Gasteiger partial charge on any atom is -0.497 e. The fourth-order valence-corrected chi connectivity index (χ4v) is 3.92. The van der Waals surface area contributed by atoms with Gasteiger partial charge in [-0.25, -0.2) is 4.98 Å². The SMILES string of the molecule is CCCc1nc(O)c(Cc2cnc3cc(OC)ccc3c2)c2cc(OC)c(OC)cc12.Cl.Cl. The highest BCUT2D eigenvalue weighted by atomic mass is 35.5. The van der Waals surface area contributed by atoms with E-state index in [0.29, 0.717) is 17.9 Å². The molecular formula is C25H28Cl2N2O4. The van der Waals surface area contributed by atoms with E-state index in [2.05, 4.69) is 23.0 Å². The molecule has 0 radical (unpaired) electrons. The lowest BCUT2D eigenvalue weighted by Gasteiger charge is -2.16. The van der Waals surface area contributed by atoms with E-state index in [1.807, 2.05) is 36.5 Å². The van der Waals surface area contributed by atoms with Gasteiger partial charge in [0.1, 0.15) is 5.75 Å². The van der Waals surface area contributed by atoms with Crippen LogP contribution in [0.2, 0.25) is 0 Å². The van der Waals surface area contributed by atoms with Crippen LogP contribution >= 0.6 is 24.8 Å². The van der Waals surface area contributed by atoms with E-state index < -0.39 is 0 Å². The van der Waals surface area contributed by atoms with Crippen molar-refractivity contribution in [1.82, 2.24) is 9.97 Å². The normalized spacial score (nSPS) is 10.4. The molecule has 1 N–H and O–H groups in total. The minimum absolute atomic E-state index is 0. The summed E-state index contributed by atoms with van der Waals surface area (Å²) >= 11 is 0. The van der Waals surface area contributed by atoms with Crippen LogP contribution in [0.5, 0.6) is 23.1 Å².